The highest BCUT2D eigenvalue weighted by atomic mass is 16.5. The minimum Gasteiger partial charge on any atom is -0.489 e. The van der Waals surface area contributed by atoms with Crippen molar-refractivity contribution in [2.45, 2.75) is 33.3 Å². The maximum Gasteiger partial charge on any atom is 0.144 e. The number of ether oxygens (including phenoxy) is 1. The van der Waals surface area contributed by atoms with E-state index in [1.54, 1.807) is 0 Å². The largest absolute Gasteiger partial charge is 0.489 e. The number of hydrogen-bond donors (Lipinski definition) is 2. The van der Waals surface area contributed by atoms with E-state index >= 15 is 0 Å². The van der Waals surface area contributed by atoms with Crippen molar-refractivity contribution in [1.82, 2.24) is 4.90 Å². The van der Waals surface area contributed by atoms with Crippen molar-refractivity contribution < 1.29 is 4.74 Å². The Bertz CT molecular complexity index is 434. The average Bonchev–Trinajstić information content (AvgIpc) is 2.87. The van der Waals surface area contributed by atoms with E-state index in [1.807, 2.05) is 32.0 Å². The molecule has 1 aromatic carbocycles. The maximum absolute atomic E-state index is 6.17. The van der Waals surface area contributed by atoms with Gasteiger partial charge in [-0.1, -0.05) is 13.0 Å². The molecule has 1 aromatic rings. The second kappa shape index (κ2) is 6.84. The third-order valence-electron chi connectivity index (χ3n) is 3.83. The van der Waals surface area contributed by atoms with Gasteiger partial charge in [-0.15, -0.1) is 0 Å². The van der Waals surface area contributed by atoms with Crippen LogP contribution in [0.25, 0.3) is 0 Å². The number of nitrogen functional groups attached to an aromatic ring is 1. The predicted octanol–water partition coefficient (Wildman–Crippen LogP) is 2.81. The molecule has 1 atom stereocenters. The van der Waals surface area contributed by atoms with Crippen LogP contribution in [0.3, 0.4) is 0 Å². The molecule has 0 saturated carbocycles. The topological polar surface area (TPSA) is 50.5 Å². The van der Waals surface area contributed by atoms with Gasteiger partial charge in [0.2, 0.25) is 0 Å². The average molecular weight is 277 g/mol. The van der Waals surface area contributed by atoms with Gasteiger partial charge in [0.1, 0.15) is 5.75 Å². The van der Waals surface area contributed by atoms with E-state index in [9.17, 15) is 0 Å². The zero-order valence-corrected chi connectivity index (χ0v) is 12.9. The molecule has 1 unspecified atom stereocenters. The number of benzene rings is 1. The fourth-order valence-corrected chi connectivity index (χ4v) is 2.68. The summed E-state index contributed by atoms with van der Waals surface area (Å²) in [4.78, 5) is 2.49. The molecule has 0 bridgehead atoms. The van der Waals surface area contributed by atoms with Crippen LogP contribution in [0.2, 0.25) is 0 Å². The van der Waals surface area contributed by atoms with E-state index < -0.39 is 0 Å². The lowest BCUT2D eigenvalue weighted by Gasteiger charge is -2.18. The molecule has 0 aromatic heterocycles. The Labute approximate surface area is 122 Å². The van der Waals surface area contributed by atoms with Gasteiger partial charge in [0.15, 0.2) is 0 Å². The normalized spacial score (nSPS) is 19.5. The highest BCUT2D eigenvalue weighted by Gasteiger charge is 2.21. The van der Waals surface area contributed by atoms with Gasteiger partial charge >= 0.3 is 0 Å². The Morgan fingerprint density at radius 1 is 1.45 bits per heavy atom. The van der Waals surface area contributed by atoms with Gasteiger partial charge in [-0.2, -0.15) is 0 Å². The summed E-state index contributed by atoms with van der Waals surface area (Å²) in [6.45, 7) is 10.8. The molecule has 0 radical (unpaired) electrons. The van der Waals surface area contributed by atoms with Crippen molar-refractivity contribution in [1.29, 1.82) is 0 Å². The van der Waals surface area contributed by atoms with Gasteiger partial charge in [-0.05, 0) is 51.4 Å². The first-order valence-electron chi connectivity index (χ1n) is 7.61. The number of likely N-dealkylation sites (tertiary alicyclic amines) is 1. The molecular formula is C16H27N3O. The summed E-state index contributed by atoms with van der Waals surface area (Å²) in [6.07, 6.45) is 1.41. The maximum atomic E-state index is 6.17. The van der Waals surface area contributed by atoms with Crippen molar-refractivity contribution >= 4 is 11.4 Å². The Kier molecular flexibility index (Phi) is 5.12. The van der Waals surface area contributed by atoms with Crippen LogP contribution in [0.4, 0.5) is 11.4 Å². The molecule has 0 aliphatic carbocycles. The smallest absolute Gasteiger partial charge is 0.144 e. The van der Waals surface area contributed by atoms with Crippen molar-refractivity contribution in [3.05, 3.63) is 18.2 Å². The van der Waals surface area contributed by atoms with E-state index in [1.165, 1.54) is 19.5 Å². The summed E-state index contributed by atoms with van der Waals surface area (Å²) in [5, 5.41) is 3.48. The number of anilines is 2. The van der Waals surface area contributed by atoms with E-state index in [0.717, 1.165) is 24.5 Å². The summed E-state index contributed by atoms with van der Waals surface area (Å²) >= 11 is 0. The fraction of sp³-hybridized carbons (Fsp3) is 0.625. The molecular weight excluding hydrogens is 250 g/mol. The second-order valence-electron chi connectivity index (χ2n) is 5.81. The zero-order chi connectivity index (χ0) is 14.5. The molecule has 2 rings (SSSR count). The number of nitrogens with two attached hydrogens (primary N) is 1. The van der Waals surface area contributed by atoms with Gasteiger partial charge in [-0.25, -0.2) is 0 Å². The van der Waals surface area contributed by atoms with Gasteiger partial charge in [-0.3, -0.25) is 0 Å². The Morgan fingerprint density at radius 2 is 2.25 bits per heavy atom. The van der Waals surface area contributed by atoms with E-state index in [2.05, 4.69) is 17.1 Å². The Hall–Kier alpha value is -1.42. The van der Waals surface area contributed by atoms with E-state index in [0.29, 0.717) is 11.6 Å². The molecule has 1 aliphatic heterocycles. The monoisotopic (exact) mass is 277 g/mol. The lowest BCUT2D eigenvalue weighted by Crippen LogP contribution is -2.22. The number of rotatable bonds is 6. The minimum atomic E-state index is 0.139. The molecule has 4 nitrogen and oxygen atoms in total. The zero-order valence-electron chi connectivity index (χ0n) is 12.9. The molecule has 4 heteroatoms. The molecule has 0 amide bonds. The minimum absolute atomic E-state index is 0.139. The highest BCUT2D eigenvalue weighted by Crippen LogP contribution is 2.30. The SMILES string of the molecule is CCN1CCC(CNc2cccc(OC(C)C)c2N)C1. The first kappa shape index (κ1) is 15.0. The number of hydrogen-bond acceptors (Lipinski definition) is 4. The standard InChI is InChI=1S/C16H27N3O/c1-4-19-9-8-13(11-19)10-18-14-6-5-7-15(16(14)17)20-12(2)3/h5-7,12-13,18H,4,8-11,17H2,1-3H3. The van der Waals surface area contributed by atoms with Gasteiger partial charge < -0.3 is 20.7 Å². The third kappa shape index (κ3) is 3.79. The first-order valence-corrected chi connectivity index (χ1v) is 7.61. The molecule has 1 saturated heterocycles. The lowest BCUT2D eigenvalue weighted by molar-refractivity contribution is 0.244. The Morgan fingerprint density at radius 3 is 2.90 bits per heavy atom. The van der Waals surface area contributed by atoms with Crippen LogP contribution >= 0.6 is 0 Å². The predicted molar refractivity (Wildman–Crippen MR) is 85.3 cm³/mol. The van der Waals surface area contributed by atoms with Crippen LogP contribution in [0, 0.1) is 5.92 Å². The van der Waals surface area contributed by atoms with Gasteiger partial charge in [0.25, 0.3) is 0 Å². The van der Waals surface area contributed by atoms with Crippen LogP contribution in [-0.2, 0) is 0 Å². The molecule has 1 aliphatic rings. The quantitative estimate of drug-likeness (QED) is 0.785. The lowest BCUT2D eigenvalue weighted by atomic mass is 10.1. The van der Waals surface area contributed by atoms with Crippen LogP contribution in [0.15, 0.2) is 18.2 Å². The molecule has 20 heavy (non-hydrogen) atoms. The summed E-state index contributed by atoms with van der Waals surface area (Å²) in [7, 11) is 0. The van der Waals surface area contributed by atoms with E-state index in [-0.39, 0.29) is 6.10 Å². The fourth-order valence-electron chi connectivity index (χ4n) is 2.68. The molecule has 1 fully saturated rings. The van der Waals surface area contributed by atoms with Gasteiger partial charge in [0, 0.05) is 13.1 Å². The number of para-hydroxylation sites is 1. The van der Waals surface area contributed by atoms with Crippen LogP contribution in [-0.4, -0.2) is 37.2 Å². The van der Waals surface area contributed by atoms with Crippen molar-refractivity contribution in [3.63, 3.8) is 0 Å². The van der Waals surface area contributed by atoms with Crippen molar-refractivity contribution in [2.75, 3.05) is 37.2 Å². The Balaban J connectivity index is 1.93. The summed E-state index contributed by atoms with van der Waals surface area (Å²) < 4.78 is 5.72. The van der Waals surface area contributed by atoms with E-state index in [4.69, 9.17) is 10.5 Å². The summed E-state index contributed by atoms with van der Waals surface area (Å²) in [5.41, 5.74) is 7.87. The number of nitrogens with one attached hydrogen (secondary N) is 1. The van der Waals surface area contributed by atoms with Gasteiger partial charge in [0.05, 0.1) is 17.5 Å². The summed E-state index contributed by atoms with van der Waals surface area (Å²) in [6, 6.07) is 5.94. The highest BCUT2D eigenvalue weighted by molar-refractivity contribution is 5.72. The summed E-state index contributed by atoms with van der Waals surface area (Å²) in [5.74, 6) is 1.48. The van der Waals surface area contributed by atoms with Crippen molar-refractivity contribution in [3.8, 4) is 5.75 Å². The molecule has 1 heterocycles. The van der Waals surface area contributed by atoms with Crippen molar-refractivity contribution in [2.24, 2.45) is 5.92 Å². The third-order valence-corrected chi connectivity index (χ3v) is 3.83. The molecule has 112 valence electrons. The van der Waals surface area contributed by atoms with Crippen LogP contribution in [0.5, 0.6) is 5.75 Å². The van der Waals surface area contributed by atoms with Crippen LogP contribution in [0.1, 0.15) is 27.2 Å². The second-order valence-corrected chi connectivity index (χ2v) is 5.81. The first-order chi connectivity index (χ1) is 9.60. The number of nitrogens with zero attached hydrogens (tertiary/aromatic N) is 1. The molecule has 0 spiro atoms. The molecule has 3 N–H and O–H groups in total. The van der Waals surface area contributed by atoms with Crippen LogP contribution < -0.4 is 15.8 Å².